The third-order valence-electron chi connectivity index (χ3n) is 7.08. The van der Waals surface area contributed by atoms with Crippen LogP contribution in [0.3, 0.4) is 0 Å². The highest BCUT2D eigenvalue weighted by Gasteiger charge is 2.41. The van der Waals surface area contributed by atoms with Crippen molar-refractivity contribution in [3.8, 4) is 5.75 Å². The second-order valence-corrected chi connectivity index (χ2v) is 9.88. The molecule has 0 radical (unpaired) electrons. The molecule has 7 nitrogen and oxygen atoms in total. The number of methoxy groups -OCH3 is 1. The number of carboxylic acid groups (broad SMARTS) is 1. The van der Waals surface area contributed by atoms with Gasteiger partial charge in [-0.05, 0) is 59.9 Å². The van der Waals surface area contributed by atoms with Crippen molar-refractivity contribution >= 4 is 40.6 Å². The molecule has 0 bridgehead atoms. The van der Waals surface area contributed by atoms with Crippen LogP contribution in [0.25, 0.3) is 0 Å². The third kappa shape index (κ3) is 5.02. The average molecular weight is 531 g/mol. The molecule has 3 aromatic carbocycles. The molecule has 3 aromatic rings. The van der Waals surface area contributed by atoms with Crippen molar-refractivity contribution in [3.63, 3.8) is 0 Å². The topological polar surface area (TPSA) is 95.9 Å². The van der Waals surface area contributed by atoms with Gasteiger partial charge in [0.1, 0.15) is 5.75 Å². The Morgan fingerprint density at radius 3 is 2.34 bits per heavy atom. The lowest BCUT2D eigenvalue weighted by Gasteiger charge is -2.35. The van der Waals surface area contributed by atoms with E-state index in [9.17, 15) is 19.5 Å². The summed E-state index contributed by atoms with van der Waals surface area (Å²) in [6.45, 7) is 0. The molecule has 0 saturated heterocycles. The lowest BCUT2D eigenvalue weighted by molar-refractivity contribution is -0.138. The first kappa shape index (κ1) is 25.5. The van der Waals surface area contributed by atoms with Crippen molar-refractivity contribution in [1.29, 1.82) is 0 Å². The summed E-state index contributed by atoms with van der Waals surface area (Å²) in [7, 11) is 1.57. The summed E-state index contributed by atoms with van der Waals surface area (Å²) in [6.07, 6.45) is 0.350. The fourth-order valence-electron chi connectivity index (χ4n) is 5.27. The van der Waals surface area contributed by atoms with Crippen LogP contribution >= 0.6 is 11.6 Å². The van der Waals surface area contributed by atoms with E-state index in [1.165, 1.54) is 0 Å². The lowest BCUT2D eigenvalue weighted by Crippen LogP contribution is -2.38. The van der Waals surface area contributed by atoms with Crippen LogP contribution in [0.2, 0.25) is 5.02 Å². The monoisotopic (exact) mass is 530 g/mol. The van der Waals surface area contributed by atoms with Gasteiger partial charge in [-0.25, -0.2) is 0 Å². The normalized spacial score (nSPS) is 18.7. The SMILES string of the molecule is COc1ccc([C@H]2C3=C(C[C@@H](c4ccc(Cl)cc4)CC3=O)Nc3ccccc3N2C(=O)CCC(=O)O)cc1. The average Bonchev–Trinajstić information content (AvgIpc) is 3.07. The summed E-state index contributed by atoms with van der Waals surface area (Å²) in [5, 5.41) is 13.4. The number of ether oxygens (including phenoxy) is 1. The molecule has 1 aliphatic heterocycles. The van der Waals surface area contributed by atoms with Gasteiger partial charge in [0.25, 0.3) is 0 Å². The summed E-state index contributed by atoms with van der Waals surface area (Å²) in [5.74, 6) is -0.896. The summed E-state index contributed by atoms with van der Waals surface area (Å²) in [4.78, 5) is 40.5. The van der Waals surface area contributed by atoms with Crippen LogP contribution in [0.15, 0.2) is 84.1 Å². The zero-order chi connectivity index (χ0) is 26.8. The molecule has 2 N–H and O–H groups in total. The maximum absolute atomic E-state index is 13.9. The first-order chi connectivity index (χ1) is 18.4. The van der Waals surface area contributed by atoms with Crippen molar-refractivity contribution in [2.45, 2.75) is 37.6 Å². The van der Waals surface area contributed by atoms with Crippen molar-refractivity contribution < 1.29 is 24.2 Å². The fraction of sp³-hybridized carbons (Fsp3) is 0.233. The number of fused-ring (bicyclic) bond motifs is 1. The number of hydrogen-bond donors (Lipinski definition) is 2. The van der Waals surface area contributed by atoms with Crippen LogP contribution in [-0.2, 0) is 14.4 Å². The number of benzene rings is 3. The molecule has 2 aliphatic rings. The number of rotatable bonds is 6. The molecule has 194 valence electrons. The van der Waals surface area contributed by atoms with Gasteiger partial charge < -0.3 is 15.2 Å². The van der Waals surface area contributed by atoms with Crippen LogP contribution in [0.4, 0.5) is 11.4 Å². The molecule has 2 atom stereocenters. The number of carboxylic acids is 1. The molecule has 0 aromatic heterocycles. The van der Waals surface area contributed by atoms with E-state index < -0.39 is 12.0 Å². The zero-order valence-corrected chi connectivity index (χ0v) is 21.6. The number of nitrogens with one attached hydrogen (secondary N) is 1. The van der Waals surface area contributed by atoms with Gasteiger partial charge in [0.05, 0.1) is 30.9 Å². The number of Topliss-reactive ketones (excluding diaryl/α,β-unsaturated/α-hetero) is 1. The first-order valence-corrected chi connectivity index (χ1v) is 12.8. The van der Waals surface area contributed by atoms with E-state index in [1.54, 1.807) is 24.1 Å². The molecule has 0 unspecified atom stereocenters. The number of nitrogens with zero attached hydrogens (tertiary/aromatic N) is 1. The molecule has 38 heavy (non-hydrogen) atoms. The predicted octanol–water partition coefficient (Wildman–Crippen LogP) is 6.11. The minimum atomic E-state index is -1.06. The molecule has 0 spiro atoms. The largest absolute Gasteiger partial charge is 0.497 e. The first-order valence-electron chi connectivity index (χ1n) is 12.4. The standard InChI is InChI=1S/C30H27ClN2O5/c1-38-22-12-8-19(9-13-22)30-29-24(16-20(17-26(29)34)18-6-10-21(31)11-7-18)32-23-4-2-3-5-25(23)33(30)27(35)14-15-28(36)37/h2-13,20,30,32H,14-17H2,1H3,(H,36,37)/t20-,30+/m1/s1. The maximum atomic E-state index is 13.9. The summed E-state index contributed by atoms with van der Waals surface area (Å²) in [5.41, 5.74) is 4.30. The van der Waals surface area contributed by atoms with Crippen LogP contribution < -0.4 is 15.0 Å². The number of halogens is 1. The highest BCUT2D eigenvalue weighted by atomic mass is 35.5. The van der Waals surface area contributed by atoms with Gasteiger partial charge in [-0.2, -0.15) is 0 Å². The second kappa shape index (κ2) is 10.7. The third-order valence-corrected chi connectivity index (χ3v) is 7.33. The lowest BCUT2D eigenvalue weighted by atomic mass is 9.78. The molecule has 5 rings (SSSR count). The zero-order valence-electron chi connectivity index (χ0n) is 20.8. The number of amides is 1. The Morgan fingerprint density at radius 1 is 0.974 bits per heavy atom. The highest BCUT2D eigenvalue weighted by Crippen LogP contribution is 2.47. The molecule has 1 aliphatic carbocycles. The van der Waals surface area contributed by atoms with Crippen LogP contribution in [0.5, 0.6) is 5.75 Å². The van der Waals surface area contributed by atoms with Gasteiger partial charge in [0, 0.05) is 29.1 Å². The Bertz CT molecular complexity index is 1420. The maximum Gasteiger partial charge on any atom is 0.303 e. The van der Waals surface area contributed by atoms with E-state index >= 15 is 0 Å². The smallest absolute Gasteiger partial charge is 0.303 e. The fourth-order valence-corrected chi connectivity index (χ4v) is 5.40. The Balaban J connectivity index is 1.67. The number of carbonyl (C=O) groups excluding carboxylic acids is 2. The number of para-hydroxylation sites is 2. The number of allylic oxidation sites excluding steroid dienone is 1. The highest BCUT2D eigenvalue weighted by molar-refractivity contribution is 6.30. The summed E-state index contributed by atoms with van der Waals surface area (Å²) in [6, 6.07) is 21.5. The summed E-state index contributed by atoms with van der Waals surface area (Å²) >= 11 is 6.10. The number of aliphatic carboxylic acids is 1. The van der Waals surface area contributed by atoms with Crippen molar-refractivity contribution in [2.75, 3.05) is 17.3 Å². The Kier molecular flexibility index (Phi) is 7.20. The van der Waals surface area contributed by atoms with Crippen molar-refractivity contribution in [2.24, 2.45) is 0 Å². The molecule has 1 amide bonds. The Hall–Kier alpha value is -4.10. The second-order valence-electron chi connectivity index (χ2n) is 9.45. The van der Waals surface area contributed by atoms with Crippen molar-refractivity contribution in [3.05, 3.63) is 100 Å². The van der Waals surface area contributed by atoms with E-state index in [0.717, 1.165) is 16.8 Å². The molecular weight excluding hydrogens is 504 g/mol. The van der Waals surface area contributed by atoms with Gasteiger partial charge in [-0.15, -0.1) is 0 Å². The number of carbonyl (C=O) groups is 3. The predicted molar refractivity (Wildman–Crippen MR) is 146 cm³/mol. The van der Waals surface area contributed by atoms with Crippen LogP contribution in [-0.4, -0.2) is 29.9 Å². The van der Waals surface area contributed by atoms with E-state index in [4.69, 9.17) is 16.3 Å². The van der Waals surface area contributed by atoms with E-state index in [2.05, 4.69) is 5.32 Å². The number of hydrogen-bond acceptors (Lipinski definition) is 5. The number of anilines is 2. The molecule has 0 fully saturated rings. The van der Waals surface area contributed by atoms with Crippen LogP contribution in [0, 0.1) is 0 Å². The van der Waals surface area contributed by atoms with Gasteiger partial charge >= 0.3 is 5.97 Å². The number of ketones is 1. The molecular formula is C30H27ClN2O5. The van der Waals surface area contributed by atoms with E-state index in [-0.39, 0.29) is 36.9 Å². The van der Waals surface area contributed by atoms with Crippen LogP contribution in [0.1, 0.15) is 48.8 Å². The minimum absolute atomic E-state index is 0.0519. The molecule has 1 heterocycles. The van der Waals surface area contributed by atoms with Gasteiger partial charge in [0.15, 0.2) is 5.78 Å². The minimum Gasteiger partial charge on any atom is -0.497 e. The molecule has 8 heteroatoms. The summed E-state index contributed by atoms with van der Waals surface area (Å²) < 4.78 is 5.33. The van der Waals surface area contributed by atoms with E-state index in [1.807, 2.05) is 60.7 Å². The Morgan fingerprint density at radius 2 is 1.66 bits per heavy atom. The van der Waals surface area contributed by atoms with Gasteiger partial charge in [-0.1, -0.05) is 48.0 Å². The van der Waals surface area contributed by atoms with E-state index in [0.29, 0.717) is 34.1 Å². The quantitative estimate of drug-likeness (QED) is 0.399. The van der Waals surface area contributed by atoms with Gasteiger partial charge in [0.2, 0.25) is 5.91 Å². The Labute approximate surface area is 225 Å². The molecule has 0 saturated carbocycles. The van der Waals surface area contributed by atoms with Crippen molar-refractivity contribution in [1.82, 2.24) is 0 Å². The van der Waals surface area contributed by atoms with Gasteiger partial charge in [-0.3, -0.25) is 19.3 Å².